The standard InChI is InChI=1S/C21H23FN4O2/c1-14-12-18(15(2)26(14)13-19(27)25-10-4-3-5-11-25)21-23-20(24-28-21)16-6-8-17(22)9-7-16/h6-9,12H,3-5,10-11,13H2,1-2H3. The van der Waals surface area contributed by atoms with Crippen LogP contribution < -0.4 is 0 Å². The predicted molar refractivity (Wildman–Crippen MR) is 103 cm³/mol. The highest BCUT2D eigenvalue weighted by Gasteiger charge is 2.21. The summed E-state index contributed by atoms with van der Waals surface area (Å²) in [4.78, 5) is 19.1. The highest BCUT2D eigenvalue weighted by atomic mass is 19.1. The van der Waals surface area contributed by atoms with E-state index in [-0.39, 0.29) is 11.7 Å². The monoisotopic (exact) mass is 382 g/mol. The molecule has 6 nitrogen and oxygen atoms in total. The SMILES string of the molecule is Cc1cc(-c2nc(-c3ccc(F)cc3)no2)c(C)n1CC(=O)N1CCCCC1. The van der Waals surface area contributed by atoms with E-state index in [0.717, 1.165) is 42.9 Å². The van der Waals surface area contributed by atoms with Crippen LogP contribution in [0.3, 0.4) is 0 Å². The summed E-state index contributed by atoms with van der Waals surface area (Å²) in [6, 6.07) is 7.92. The molecule has 1 fully saturated rings. The molecule has 0 saturated carbocycles. The third kappa shape index (κ3) is 3.56. The number of carbonyl (C=O) groups is 1. The van der Waals surface area contributed by atoms with Gasteiger partial charge in [0.25, 0.3) is 5.89 Å². The van der Waals surface area contributed by atoms with Crippen molar-refractivity contribution in [1.29, 1.82) is 0 Å². The minimum atomic E-state index is -0.311. The second kappa shape index (κ2) is 7.58. The van der Waals surface area contributed by atoms with Gasteiger partial charge in [0, 0.05) is 30.0 Å². The number of halogens is 1. The molecule has 146 valence electrons. The second-order valence-corrected chi connectivity index (χ2v) is 7.24. The number of aromatic nitrogens is 3. The lowest BCUT2D eigenvalue weighted by Crippen LogP contribution is -2.38. The van der Waals surface area contributed by atoms with Crippen molar-refractivity contribution < 1.29 is 13.7 Å². The summed E-state index contributed by atoms with van der Waals surface area (Å²) >= 11 is 0. The molecule has 0 spiro atoms. The summed E-state index contributed by atoms with van der Waals surface area (Å²) in [5.41, 5.74) is 3.38. The number of piperidine rings is 1. The number of benzene rings is 1. The van der Waals surface area contributed by atoms with Gasteiger partial charge in [-0.2, -0.15) is 4.98 Å². The van der Waals surface area contributed by atoms with Gasteiger partial charge in [-0.1, -0.05) is 5.16 Å². The Bertz CT molecular complexity index is 985. The quantitative estimate of drug-likeness (QED) is 0.685. The Morgan fingerprint density at radius 1 is 1.14 bits per heavy atom. The highest BCUT2D eigenvalue weighted by molar-refractivity contribution is 5.77. The van der Waals surface area contributed by atoms with E-state index >= 15 is 0 Å². The van der Waals surface area contributed by atoms with Crippen LogP contribution in [-0.2, 0) is 11.3 Å². The molecule has 1 amide bonds. The fraction of sp³-hybridized carbons (Fsp3) is 0.381. The number of rotatable bonds is 4. The van der Waals surface area contributed by atoms with Crippen LogP contribution in [-0.4, -0.2) is 38.6 Å². The maximum Gasteiger partial charge on any atom is 0.260 e. The number of aryl methyl sites for hydroxylation is 1. The number of nitrogens with zero attached hydrogens (tertiary/aromatic N) is 4. The zero-order valence-electron chi connectivity index (χ0n) is 16.1. The first kappa shape index (κ1) is 18.4. The Morgan fingerprint density at radius 2 is 1.86 bits per heavy atom. The van der Waals surface area contributed by atoms with Gasteiger partial charge in [-0.25, -0.2) is 4.39 Å². The van der Waals surface area contributed by atoms with Crippen LogP contribution in [0.15, 0.2) is 34.9 Å². The van der Waals surface area contributed by atoms with Crippen LogP contribution in [0.2, 0.25) is 0 Å². The second-order valence-electron chi connectivity index (χ2n) is 7.24. The smallest absolute Gasteiger partial charge is 0.260 e. The van der Waals surface area contributed by atoms with Gasteiger partial charge >= 0.3 is 0 Å². The number of likely N-dealkylation sites (tertiary alicyclic amines) is 1. The summed E-state index contributed by atoms with van der Waals surface area (Å²) in [5, 5.41) is 4.01. The van der Waals surface area contributed by atoms with E-state index in [0.29, 0.717) is 23.8 Å². The van der Waals surface area contributed by atoms with Crippen molar-refractivity contribution in [2.45, 2.75) is 39.7 Å². The average molecular weight is 382 g/mol. The van der Waals surface area contributed by atoms with E-state index in [1.165, 1.54) is 18.6 Å². The molecular weight excluding hydrogens is 359 g/mol. The zero-order valence-corrected chi connectivity index (χ0v) is 16.1. The van der Waals surface area contributed by atoms with Crippen LogP contribution in [0, 0.1) is 19.7 Å². The molecule has 3 aromatic rings. The molecule has 0 atom stereocenters. The van der Waals surface area contributed by atoms with E-state index in [1.54, 1.807) is 12.1 Å². The first-order valence-electron chi connectivity index (χ1n) is 9.57. The maximum atomic E-state index is 13.1. The molecule has 0 N–H and O–H groups in total. The normalized spacial score (nSPS) is 14.5. The fourth-order valence-electron chi connectivity index (χ4n) is 3.69. The van der Waals surface area contributed by atoms with Crippen LogP contribution in [0.25, 0.3) is 22.8 Å². The largest absolute Gasteiger partial charge is 0.341 e. The van der Waals surface area contributed by atoms with Crippen molar-refractivity contribution in [2.75, 3.05) is 13.1 Å². The van der Waals surface area contributed by atoms with E-state index in [1.807, 2.05) is 29.4 Å². The van der Waals surface area contributed by atoms with Gasteiger partial charge < -0.3 is 14.0 Å². The van der Waals surface area contributed by atoms with Crippen molar-refractivity contribution in [3.8, 4) is 22.8 Å². The van der Waals surface area contributed by atoms with Crippen molar-refractivity contribution in [3.63, 3.8) is 0 Å². The molecule has 0 radical (unpaired) electrons. The molecule has 3 heterocycles. The minimum Gasteiger partial charge on any atom is -0.341 e. The number of hydrogen-bond donors (Lipinski definition) is 0. The molecule has 1 saturated heterocycles. The minimum absolute atomic E-state index is 0.144. The summed E-state index contributed by atoms with van der Waals surface area (Å²) < 4.78 is 20.5. The predicted octanol–water partition coefficient (Wildman–Crippen LogP) is 3.97. The van der Waals surface area contributed by atoms with E-state index in [9.17, 15) is 9.18 Å². The molecule has 4 rings (SSSR count). The van der Waals surface area contributed by atoms with Crippen LogP contribution in [0.4, 0.5) is 4.39 Å². The Labute approximate surface area is 163 Å². The van der Waals surface area contributed by atoms with Gasteiger partial charge in [0.2, 0.25) is 11.7 Å². The molecule has 2 aromatic heterocycles. The number of carbonyl (C=O) groups excluding carboxylic acids is 1. The maximum absolute atomic E-state index is 13.1. The molecular formula is C21H23FN4O2. The Kier molecular flexibility index (Phi) is 4.98. The molecule has 0 aliphatic carbocycles. The zero-order chi connectivity index (χ0) is 19.7. The Balaban J connectivity index is 1.57. The summed E-state index contributed by atoms with van der Waals surface area (Å²) in [6.45, 7) is 5.92. The van der Waals surface area contributed by atoms with Crippen LogP contribution in [0.5, 0.6) is 0 Å². The molecule has 0 unspecified atom stereocenters. The Hall–Kier alpha value is -2.96. The van der Waals surface area contributed by atoms with Gasteiger partial charge in [-0.05, 0) is 63.4 Å². The third-order valence-electron chi connectivity index (χ3n) is 5.33. The van der Waals surface area contributed by atoms with Gasteiger partial charge in [0.1, 0.15) is 12.4 Å². The van der Waals surface area contributed by atoms with Crippen molar-refractivity contribution in [3.05, 3.63) is 47.5 Å². The summed E-state index contributed by atoms with van der Waals surface area (Å²) in [6.07, 6.45) is 3.35. The Morgan fingerprint density at radius 3 is 2.57 bits per heavy atom. The van der Waals surface area contributed by atoms with Gasteiger partial charge in [0.15, 0.2) is 0 Å². The first-order chi connectivity index (χ1) is 13.5. The molecule has 28 heavy (non-hydrogen) atoms. The van der Waals surface area contributed by atoms with E-state index in [2.05, 4.69) is 10.1 Å². The average Bonchev–Trinajstić information content (AvgIpc) is 3.30. The van der Waals surface area contributed by atoms with Gasteiger partial charge in [-0.3, -0.25) is 4.79 Å². The lowest BCUT2D eigenvalue weighted by Gasteiger charge is -2.27. The molecule has 1 aromatic carbocycles. The fourth-order valence-corrected chi connectivity index (χ4v) is 3.69. The third-order valence-corrected chi connectivity index (χ3v) is 5.33. The van der Waals surface area contributed by atoms with Crippen molar-refractivity contribution in [2.24, 2.45) is 0 Å². The van der Waals surface area contributed by atoms with Crippen molar-refractivity contribution >= 4 is 5.91 Å². The molecule has 0 bridgehead atoms. The number of amides is 1. The van der Waals surface area contributed by atoms with E-state index < -0.39 is 0 Å². The summed E-state index contributed by atoms with van der Waals surface area (Å²) in [7, 11) is 0. The van der Waals surface area contributed by atoms with Gasteiger partial charge in [0.05, 0.1) is 5.56 Å². The van der Waals surface area contributed by atoms with Crippen LogP contribution in [0.1, 0.15) is 30.7 Å². The number of hydrogen-bond acceptors (Lipinski definition) is 4. The summed E-state index contributed by atoms with van der Waals surface area (Å²) in [5.74, 6) is 0.633. The van der Waals surface area contributed by atoms with Crippen molar-refractivity contribution in [1.82, 2.24) is 19.6 Å². The van der Waals surface area contributed by atoms with Gasteiger partial charge in [-0.15, -0.1) is 0 Å². The lowest BCUT2D eigenvalue weighted by molar-refractivity contribution is -0.132. The first-order valence-corrected chi connectivity index (χ1v) is 9.57. The molecule has 1 aliphatic rings. The lowest BCUT2D eigenvalue weighted by atomic mass is 10.1. The van der Waals surface area contributed by atoms with E-state index in [4.69, 9.17) is 4.52 Å². The topological polar surface area (TPSA) is 64.2 Å². The molecule has 7 heteroatoms. The molecule has 1 aliphatic heterocycles. The highest BCUT2D eigenvalue weighted by Crippen LogP contribution is 2.28. The van der Waals surface area contributed by atoms with Crippen LogP contribution >= 0.6 is 0 Å².